The molecule has 0 heterocycles. The summed E-state index contributed by atoms with van der Waals surface area (Å²) in [5.41, 5.74) is 5.33. The standard InChI is InChI=1S/C7H14N2/c8-3-1-2-6-4-7(6)5-9/h5-7,9H,1-4,8H2. The maximum atomic E-state index is 6.93. The molecule has 0 radical (unpaired) electrons. The summed E-state index contributed by atoms with van der Waals surface area (Å²) in [4.78, 5) is 0. The summed E-state index contributed by atoms with van der Waals surface area (Å²) in [6.45, 7) is 0.807. The molecule has 0 saturated heterocycles. The van der Waals surface area contributed by atoms with Crippen molar-refractivity contribution in [3.8, 4) is 0 Å². The molecule has 2 heteroatoms. The number of nitrogens with two attached hydrogens (primary N) is 1. The van der Waals surface area contributed by atoms with Gasteiger partial charge in [0, 0.05) is 0 Å². The third-order valence-corrected chi connectivity index (χ3v) is 1.97. The molecule has 0 aromatic carbocycles. The van der Waals surface area contributed by atoms with E-state index in [0.29, 0.717) is 5.92 Å². The van der Waals surface area contributed by atoms with Crippen LogP contribution >= 0.6 is 0 Å². The lowest BCUT2D eigenvalue weighted by Gasteiger charge is -1.91. The topological polar surface area (TPSA) is 49.9 Å². The molecule has 1 aliphatic rings. The quantitative estimate of drug-likeness (QED) is 0.543. The van der Waals surface area contributed by atoms with Crippen molar-refractivity contribution in [1.29, 1.82) is 5.41 Å². The highest BCUT2D eigenvalue weighted by atomic mass is 14.5. The van der Waals surface area contributed by atoms with Crippen LogP contribution in [0.5, 0.6) is 0 Å². The van der Waals surface area contributed by atoms with Crippen LogP contribution < -0.4 is 5.73 Å². The summed E-state index contributed by atoms with van der Waals surface area (Å²) in [7, 11) is 0. The lowest BCUT2D eigenvalue weighted by atomic mass is 10.2. The molecular formula is C7H14N2. The Bertz CT molecular complexity index is 101. The molecule has 1 fully saturated rings. The number of hydrogen-bond acceptors (Lipinski definition) is 2. The predicted molar refractivity (Wildman–Crippen MR) is 38.7 cm³/mol. The van der Waals surface area contributed by atoms with Crippen LogP contribution in [0.2, 0.25) is 0 Å². The van der Waals surface area contributed by atoms with Gasteiger partial charge in [-0.15, -0.1) is 0 Å². The van der Waals surface area contributed by atoms with Crippen LogP contribution in [0.1, 0.15) is 19.3 Å². The van der Waals surface area contributed by atoms with Gasteiger partial charge in [0.15, 0.2) is 0 Å². The van der Waals surface area contributed by atoms with E-state index < -0.39 is 0 Å². The van der Waals surface area contributed by atoms with E-state index in [-0.39, 0.29) is 0 Å². The first-order valence-electron chi connectivity index (χ1n) is 3.59. The van der Waals surface area contributed by atoms with E-state index in [0.717, 1.165) is 18.9 Å². The third-order valence-electron chi connectivity index (χ3n) is 1.97. The second kappa shape index (κ2) is 2.97. The lowest BCUT2D eigenvalue weighted by molar-refractivity contribution is 0.660. The van der Waals surface area contributed by atoms with E-state index in [4.69, 9.17) is 11.1 Å². The second-order valence-corrected chi connectivity index (χ2v) is 2.76. The monoisotopic (exact) mass is 126 g/mol. The number of nitrogens with one attached hydrogen (secondary N) is 1. The average Bonchev–Trinajstić information content (AvgIpc) is 2.62. The van der Waals surface area contributed by atoms with Crippen molar-refractivity contribution >= 4 is 6.21 Å². The molecule has 9 heavy (non-hydrogen) atoms. The maximum Gasteiger partial charge on any atom is -0.00139 e. The van der Waals surface area contributed by atoms with Crippen molar-refractivity contribution in [2.75, 3.05) is 6.54 Å². The van der Waals surface area contributed by atoms with Crippen molar-refractivity contribution in [2.24, 2.45) is 17.6 Å². The number of rotatable bonds is 4. The first-order chi connectivity index (χ1) is 4.38. The highest BCUT2D eigenvalue weighted by Crippen LogP contribution is 2.39. The van der Waals surface area contributed by atoms with Crippen LogP contribution in [0.15, 0.2) is 0 Å². The SMILES string of the molecule is N=CC1CC1CCCN. The minimum Gasteiger partial charge on any atom is -0.330 e. The Labute approximate surface area is 55.9 Å². The number of hydrogen-bond donors (Lipinski definition) is 2. The van der Waals surface area contributed by atoms with E-state index in [2.05, 4.69) is 0 Å². The van der Waals surface area contributed by atoms with Gasteiger partial charge in [-0.05, 0) is 43.9 Å². The predicted octanol–water partition coefficient (Wildman–Crippen LogP) is 1.01. The molecule has 2 atom stereocenters. The van der Waals surface area contributed by atoms with Gasteiger partial charge in [-0.2, -0.15) is 0 Å². The molecule has 1 rings (SSSR count). The van der Waals surface area contributed by atoms with E-state index in [1.165, 1.54) is 12.8 Å². The molecule has 0 aromatic rings. The van der Waals surface area contributed by atoms with E-state index in [1.807, 2.05) is 0 Å². The first kappa shape index (κ1) is 6.75. The van der Waals surface area contributed by atoms with Crippen molar-refractivity contribution < 1.29 is 0 Å². The van der Waals surface area contributed by atoms with Gasteiger partial charge in [0.2, 0.25) is 0 Å². The molecular weight excluding hydrogens is 112 g/mol. The van der Waals surface area contributed by atoms with Crippen molar-refractivity contribution in [3.05, 3.63) is 0 Å². The van der Waals surface area contributed by atoms with Gasteiger partial charge in [-0.1, -0.05) is 0 Å². The molecule has 3 N–H and O–H groups in total. The van der Waals surface area contributed by atoms with Gasteiger partial charge in [0.1, 0.15) is 0 Å². The zero-order valence-corrected chi connectivity index (χ0v) is 5.64. The molecule has 2 unspecified atom stereocenters. The van der Waals surface area contributed by atoms with Crippen molar-refractivity contribution in [1.82, 2.24) is 0 Å². The van der Waals surface area contributed by atoms with E-state index in [9.17, 15) is 0 Å². The lowest BCUT2D eigenvalue weighted by Crippen LogP contribution is -1.98. The van der Waals surface area contributed by atoms with Crippen molar-refractivity contribution in [2.45, 2.75) is 19.3 Å². The fourth-order valence-electron chi connectivity index (χ4n) is 1.19. The summed E-state index contributed by atoms with van der Waals surface area (Å²) >= 11 is 0. The molecule has 1 aliphatic carbocycles. The van der Waals surface area contributed by atoms with Gasteiger partial charge in [0.05, 0.1) is 0 Å². The maximum absolute atomic E-state index is 6.93. The molecule has 0 spiro atoms. The summed E-state index contributed by atoms with van der Waals surface area (Å²) < 4.78 is 0. The highest BCUT2D eigenvalue weighted by Gasteiger charge is 2.33. The molecule has 2 nitrogen and oxygen atoms in total. The van der Waals surface area contributed by atoms with Crippen molar-refractivity contribution in [3.63, 3.8) is 0 Å². The third kappa shape index (κ3) is 1.79. The van der Waals surface area contributed by atoms with Crippen LogP contribution in [0.3, 0.4) is 0 Å². The average molecular weight is 126 g/mol. The Kier molecular flexibility index (Phi) is 2.22. The Balaban J connectivity index is 1.98. The van der Waals surface area contributed by atoms with Crippen LogP contribution in [-0.4, -0.2) is 12.8 Å². The minimum absolute atomic E-state index is 0.608. The molecule has 0 aliphatic heterocycles. The Morgan fingerprint density at radius 2 is 2.44 bits per heavy atom. The van der Waals surface area contributed by atoms with E-state index >= 15 is 0 Å². The zero-order chi connectivity index (χ0) is 6.69. The zero-order valence-electron chi connectivity index (χ0n) is 5.64. The van der Waals surface area contributed by atoms with Gasteiger partial charge < -0.3 is 11.1 Å². The molecule has 52 valence electrons. The fraction of sp³-hybridized carbons (Fsp3) is 0.857. The largest absolute Gasteiger partial charge is 0.330 e. The van der Waals surface area contributed by atoms with Crippen LogP contribution in [0.25, 0.3) is 0 Å². The second-order valence-electron chi connectivity index (χ2n) is 2.76. The minimum atomic E-state index is 0.608. The molecule has 0 aromatic heterocycles. The van der Waals surface area contributed by atoms with E-state index in [1.54, 1.807) is 6.21 Å². The Morgan fingerprint density at radius 1 is 1.67 bits per heavy atom. The smallest absolute Gasteiger partial charge is 0.00139 e. The fourth-order valence-corrected chi connectivity index (χ4v) is 1.19. The Hall–Kier alpha value is -0.370. The first-order valence-corrected chi connectivity index (χ1v) is 3.59. The van der Waals surface area contributed by atoms with Gasteiger partial charge in [0.25, 0.3) is 0 Å². The van der Waals surface area contributed by atoms with Crippen LogP contribution in [-0.2, 0) is 0 Å². The highest BCUT2D eigenvalue weighted by molar-refractivity contribution is 5.60. The van der Waals surface area contributed by atoms with Gasteiger partial charge in [-0.25, -0.2) is 0 Å². The summed E-state index contributed by atoms with van der Waals surface area (Å²) in [6, 6.07) is 0. The molecule has 0 amide bonds. The summed E-state index contributed by atoms with van der Waals surface area (Å²) in [5.74, 6) is 1.42. The molecule has 1 saturated carbocycles. The normalized spacial score (nSPS) is 32.1. The molecule has 0 bridgehead atoms. The summed E-state index contributed by atoms with van der Waals surface area (Å²) in [5, 5.41) is 6.93. The van der Waals surface area contributed by atoms with Crippen LogP contribution in [0.4, 0.5) is 0 Å². The van der Waals surface area contributed by atoms with Gasteiger partial charge >= 0.3 is 0 Å². The Morgan fingerprint density at radius 3 is 2.89 bits per heavy atom. The van der Waals surface area contributed by atoms with Gasteiger partial charge in [-0.3, -0.25) is 0 Å². The van der Waals surface area contributed by atoms with Crippen LogP contribution in [0, 0.1) is 17.2 Å². The summed E-state index contributed by atoms with van der Waals surface area (Å²) in [6.07, 6.45) is 5.18.